The van der Waals surface area contributed by atoms with Crippen LogP contribution in [-0.2, 0) is 19.1 Å². The van der Waals surface area contributed by atoms with Crippen LogP contribution in [0.25, 0.3) is 0 Å². The average Bonchev–Trinajstić information content (AvgIpc) is 2.78. The van der Waals surface area contributed by atoms with E-state index in [4.69, 9.17) is 9.47 Å². The maximum absolute atomic E-state index is 12.7. The molecular weight excluding hydrogens is 284 g/mol. The lowest BCUT2D eigenvalue weighted by molar-refractivity contribution is -0.906. The Bertz CT molecular complexity index is 487. The van der Waals surface area contributed by atoms with Gasteiger partial charge < -0.3 is 19.7 Å². The number of amides is 1. The van der Waals surface area contributed by atoms with Crippen molar-refractivity contribution in [1.82, 2.24) is 5.32 Å². The molecule has 2 aliphatic heterocycles. The number of fused-ring (bicyclic) bond motifs is 2. The quantitative estimate of drug-likeness (QED) is 0.663. The third-order valence-electron chi connectivity index (χ3n) is 6.41. The van der Waals surface area contributed by atoms with E-state index in [1.54, 1.807) is 0 Å². The minimum absolute atomic E-state index is 0.125. The predicted molar refractivity (Wildman–Crippen MR) is 79.3 cm³/mol. The number of carbonyl (C=O) groups excluding carboxylic acids is 2. The zero-order valence-electron chi connectivity index (χ0n) is 13.8. The van der Waals surface area contributed by atoms with E-state index >= 15 is 0 Å². The number of nitrogens with one attached hydrogen (secondary N) is 2. The average molecular weight is 311 g/mol. The van der Waals surface area contributed by atoms with E-state index in [2.05, 4.69) is 5.32 Å². The monoisotopic (exact) mass is 311 g/mol. The molecule has 2 bridgehead atoms. The fourth-order valence-electron chi connectivity index (χ4n) is 4.15. The minimum atomic E-state index is -0.987. The lowest BCUT2D eigenvalue weighted by atomic mass is 9.66. The van der Waals surface area contributed by atoms with E-state index in [9.17, 15) is 9.59 Å². The summed E-state index contributed by atoms with van der Waals surface area (Å²) in [6.45, 7) is 10.9. The molecule has 3 rings (SSSR count). The molecule has 124 valence electrons. The predicted octanol–water partition coefficient (Wildman–Crippen LogP) is -0.860. The molecule has 6 heteroatoms. The Hall–Kier alpha value is -1.14. The van der Waals surface area contributed by atoms with E-state index in [1.165, 1.54) is 4.90 Å². The third-order valence-corrected chi connectivity index (χ3v) is 6.41. The van der Waals surface area contributed by atoms with Crippen LogP contribution in [0, 0.1) is 10.8 Å². The van der Waals surface area contributed by atoms with Crippen molar-refractivity contribution >= 4 is 11.9 Å². The van der Waals surface area contributed by atoms with E-state index in [1.807, 2.05) is 20.8 Å². The second-order valence-electron chi connectivity index (χ2n) is 7.54. The molecule has 0 aromatic rings. The molecule has 6 nitrogen and oxygen atoms in total. The van der Waals surface area contributed by atoms with Gasteiger partial charge in [-0.2, -0.15) is 0 Å². The highest BCUT2D eigenvalue weighted by molar-refractivity contribution is 5.96. The Morgan fingerprint density at radius 3 is 2.45 bits per heavy atom. The lowest BCUT2D eigenvalue weighted by Crippen LogP contribution is -3.14. The van der Waals surface area contributed by atoms with Crippen LogP contribution in [0.3, 0.4) is 0 Å². The summed E-state index contributed by atoms with van der Waals surface area (Å²) in [5, 5.41) is 3.01. The second-order valence-corrected chi connectivity index (χ2v) is 7.54. The third kappa shape index (κ3) is 2.00. The Labute approximate surface area is 131 Å². The number of carbonyl (C=O) groups is 2. The van der Waals surface area contributed by atoms with Crippen LogP contribution in [0.5, 0.6) is 0 Å². The number of rotatable bonds is 4. The van der Waals surface area contributed by atoms with Crippen molar-refractivity contribution in [1.29, 1.82) is 0 Å². The van der Waals surface area contributed by atoms with Crippen LogP contribution in [0.4, 0.5) is 0 Å². The van der Waals surface area contributed by atoms with Crippen LogP contribution in [-0.4, -0.2) is 56.9 Å². The van der Waals surface area contributed by atoms with Crippen molar-refractivity contribution in [3.8, 4) is 0 Å². The first-order valence-corrected chi connectivity index (χ1v) is 8.27. The number of hydrogen-bond acceptors (Lipinski definition) is 4. The molecule has 1 amide bonds. The number of quaternary nitrogens is 1. The molecule has 0 unspecified atom stereocenters. The van der Waals surface area contributed by atoms with E-state index in [-0.39, 0.29) is 11.9 Å². The molecule has 0 aromatic heterocycles. The van der Waals surface area contributed by atoms with Crippen LogP contribution < -0.4 is 10.2 Å². The van der Waals surface area contributed by atoms with Crippen molar-refractivity contribution in [3.05, 3.63) is 0 Å². The summed E-state index contributed by atoms with van der Waals surface area (Å²) in [5.41, 5.74) is -1.99. The molecular formula is C16H27N2O4+. The molecule has 2 heterocycles. The summed E-state index contributed by atoms with van der Waals surface area (Å²) in [7, 11) is 0. The fraction of sp³-hybridized carbons (Fsp3) is 0.875. The van der Waals surface area contributed by atoms with Crippen LogP contribution >= 0.6 is 0 Å². The van der Waals surface area contributed by atoms with Gasteiger partial charge in [-0.3, -0.25) is 9.59 Å². The normalized spacial score (nSPS) is 37.1. The molecule has 2 N–H and O–H groups in total. The second kappa shape index (κ2) is 5.20. The number of hydrogen-bond donors (Lipinski definition) is 2. The molecule has 1 aliphatic carbocycles. The zero-order chi connectivity index (χ0) is 16.0. The maximum Gasteiger partial charge on any atom is 0.313 e. The largest absolute Gasteiger partial charge is 0.448 e. The Morgan fingerprint density at radius 1 is 1.23 bits per heavy atom. The Morgan fingerprint density at radius 2 is 1.91 bits per heavy atom. The topological polar surface area (TPSA) is 69.1 Å². The van der Waals surface area contributed by atoms with Crippen molar-refractivity contribution in [2.24, 2.45) is 10.8 Å². The fourth-order valence-corrected chi connectivity index (χ4v) is 4.15. The van der Waals surface area contributed by atoms with Gasteiger partial charge in [-0.1, -0.05) is 13.8 Å². The van der Waals surface area contributed by atoms with Crippen LogP contribution in [0.2, 0.25) is 0 Å². The number of esters is 1. The van der Waals surface area contributed by atoms with Crippen molar-refractivity contribution < 1.29 is 24.0 Å². The summed E-state index contributed by atoms with van der Waals surface area (Å²) in [5.74, 6) is -0.350. The highest BCUT2D eigenvalue weighted by Crippen LogP contribution is 2.65. The van der Waals surface area contributed by atoms with E-state index in [0.29, 0.717) is 13.0 Å². The first-order chi connectivity index (χ1) is 10.3. The summed E-state index contributed by atoms with van der Waals surface area (Å²) in [4.78, 5) is 26.4. The standard InChI is InChI=1S/C16H26N2O4/c1-14(2)15(3)4-5-16(14,22-13(15)20)12(19)17-6-7-18-8-10-21-11-9-18/h4-11H2,1-3H3,(H,17,19)/p+1/t15-,16+/m0/s1. The van der Waals surface area contributed by atoms with Gasteiger partial charge in [-0.15, -0.1) is 0 Å². The van der Waals surface area contributed by atoms with E-state index < -0.39 is 16.4 Å². The Kier molecular flexibility index (Phi) is 3.72. The van der Waals surface area contributed by atoms with Crippen LogP contribution in [0.1, 0.15) is 33.6 Å². The first kappa shape index (κ1) is 15.7. The van der Waals surface area contributed by atoms with Gasteiger partial charge in [0.15, 0.2) is 5.60 Å². The first-order valence-electron chi connectivity index (χ1n) is 8.27. The molecule has 0 radical (unpaired) electrons. The highest BCUT2D eigenvalue weighted by Gasteiger charge is 2.75. The highest BCUT2D eigenvalue weighted by atomic mass is 16.6. The zero-order valence-corrected chi connectivity index (χ0v) is 13.8. The van der Waals surface area contributed by atoms with Gasteiger partial charge >= 0.3 is 5.97 Å². The molecule has 2 atom stereocenters. The SMILES string of the molecule is CC1(C)[C@@]2(C)CC[C@]1(C(=O)NCC[NH+]1CCOCC1)OC2=O. The van der Waals surface area contributed by atoms with Gasteiger partial charge in [0.05, 0.1) is 31.7 Å². The minimum Gasteiger partial charge on any atom is -0.448 e. The summed E-state index contributed by atoms with van der Waals surface area (Å²) in [6, 6.07) is 0. The molecule has 3 aliphatic rings. The van der Waals surface area contributed by atoms with Gasteiger partial charge in [-0.05, 0) is 19.8 Å². The number of ether oxygens (including phenoxy) is 2. The smallest absolute Gasteiger partial charge is 0.313 e. The van der Waals surface area contributed by atoms with Gasteiger partial charge in [0, 0.05) is 5.41 Å². The maximum atomic E-state index is 12.7. The molecule has 22 heavy (non-hydrogen) atoms. The lowest BCUT2D eigenvalue weighted by Gasteiger charge is -2.35. The molecule has 2 saturated heterocycles. The summed E-state index contributed by atoms with van der Waals surface area (Å²) < 4.78 is 10.9. The van der Waals surface area contributed by atoms with Gasteiger partial charge in [0.25, 0.3) is 5.91 Å². The van der Waals surface area contributed by atoms with E-state index in [0.717, 1.165) is 39.3 Å². The van der Waals surface area contributed by atoms with Crippen molar-refractivity contribution in [3.63, 3.8) is 0 Å². The van der Waals surface area contributed by atoms with Crippen molar-refractivity contribution in [2.75, 3.05) is 39.4 Å². The van der Waals surface area contributed by atoms with Gasteiger partial charge in [-0.25, -0.2) is 0 Å². The molecule has 1 saturated carbocycles. The van der Waals surface area contributed by atoms with Crippen molar-refractivity contribution in [2.45, 2.75) is 39.2 Å². The van der Waals surface area contributed by atoms with Gasteiger partial charge in [0.1, 0.15) is 13.1 Å². The van der Waals surface area contributed by atoms with Crippen LogP contribution in [0.15, 0.2) is 0 Å². The Balaban J connectivity index is 1.61. The summed E-state index contributed by atoms with van der Waals surface area (Å²) in [6.07, 6.45) is 1.35. The van der Waals surface area contributed by atoms with Gasteiger partial charge in [0.2, 0.25) is 0 Å². The molecule has 3 fully saturated rings. The molecule has 0 aromatic carbocycles. The molecule has 0 spiro atoms. The number of morpholine rings is 1. The summed E-state index contributed by atoms with van der Waals surface area (Å²) >= 11 is 0.